The van der Waals surface area contributed by atoms with Crippen LogP contribution in [0.4, 0.5) is 5.69 Å². The zero-order valence-electron chi connectivity index (χ0n) is 9.60. The van der Waals surface area contributed by atoms with Crippen LogP contribution in [0.3, 0.4) is 0 Å². The van der Waals surface area contributed by atoms with Gasteiger partial charge in [-0.2, -0.15) is 0 Å². The van der Waals surface area contributed by atoms with Crippen molar-refractivity contribution >= 4 is 32.7 Å². The van der Waals surface area contributed by atoms with Gasteiger partial charge in [-0.25, -0.2) is 4.21 Å². The lowest BCUT2D eigenvalue weighted by molar-refractivity contribution is 0.312. The summed E-state index contributed by atoms with van der Waals surface area (Å²) in [7, 11) is 2.09. The fourth-order valence-corrected chi connectivity index (χ4v) is 2.83. The van der Waals surface area contributed by atoms with Gasteiger partial charge >= 0.3 is 0 Å². The molecule has 1 fully saturated rings. The molecule has 2 rings (SSSR count). The van der Waals surface area contributed by atoms with Crippen LogP contribution < -0.4 is 4.90 Å². The molecular weight excluding hydrogens is 304 g/mol. The number of benzene rings is 1. The molecule has 1 aliphatic heterocycles. The second kappa shape index (κ2) is 5.48. The Kier molecular flexibility index (Phi) is 4.19. The zero-order chi connectivity index (χ0) is 12.4. The number of hydrogen-bond donors (Lipinski definition) is 1. The Hall–Kier alpha value is -0.430. The van der Waals surface area contributed by atoms with Crippen molar-refractivity contribution in [2.75, 3.05) is 38.1 Å². The average Bonchev–Trinajstić information content (AvgIpc) is 2.29. The van der Waals surface area contributed by atoms with Crippen molar-refractivity contribution in [3.05, 3.63) is 22.7 Å². The van der Waals surface area contributed by atoms with Gasteiger partial charge in [-0.3, -0.25) is 0 Å². The molecule has 17 heavy (non-hydrogen) atoms. The highest BCUT2D eigenvalue weighted by molar-refractivity contribution is 9.10. The van der Waals surface area contributed by atoms with Gasteiger partial charge < -0.3 is 14.4 Å². The molecule has 1 saturated heterocycles. The summed E-state index contributed by atoms with van der Waals surface area (Å²) in [5.41, 5.74) is 0.855. The highest BCUT2D eigenvalue weighted by atomic mass is 79.9. The molecule has 1 atom stereocenters. The van der Waals surface area contributed by atoms with E-state index in [1.54, 1.807) is 12.1 Å². The molecule has 0 bridgehead atoms. The van der Waals surface area contributed by atoms with Gasteiger partial charge in [0.05, 0.1) is 10.6 Å². The van der Waals surface area contributed by atoms with Crippen molar-refractivity contribution < 1.29 is 8.76 Å². The molecule has 1 aromatic carbocycles. The molecule has 94 valence electrons. The number of rotatable bonds is 2. The van der Waals surface area contributed by atoms with Crippen LogP contribution in [0.2, 0.25) is 0 Å². The predicted octanol–water partition coefficient (Wildman–Crippen LogP) is 1.78. The minimum absolute atomic E-state index is 0.484. The summed E-state index contributed by atoms with van der Waals surface area (Å²) in [5.74, 6) is 0. The molecule has 0 aromatic heterocycles. The quantitative estimate of drug-likeness (QED) is 0.844. The second-order valence-corrected chi connectivity index (χ2v) is 6.01. The molecular formula is C11H15BrN2O2S. The largest absolute Gasteiger partial charge is 0.368 e. The minimum atomic E-state index is -1.94. The summed E-state index contributed by atoms with van der Waals surface area (Å²) in [6.45, 7) is 3.72. The van der Waals surface area contributed by atoms with E-state index in [1.807, 2.05) is 6.07 Å². The van der Waals surface area contributed by atoms with E-state index < -0.39 is 11.1 Å². The van der Waals surface area contributed by atoms with Crippen molar-refractivity contribution in [2.45, 2.75) is 4.90 Å². The molecule has 0 spiro atoms. The Balaban J connectivity index is 2.30. The van der Waals surface area contributed by atoms with Gasteiger partial charge in [-0.1, -0.05) is 15.9 Å². The first-order chi connectivity index (χ1) is 8.08. The third-order valence-corrected chi connectivity index (χ3v) is 4.17. The summed E-state index contributed by atoms with van der Waals surface area (Å²) < 4.78 is 21.5. The van der Waals surface area contributed by atoms with Crippen molar-refractivity contribution in [1.82, 2.24) is 4.90 Å². The van der Waals surface area contributed by atoms with Crippen molar-refractivity contribution in [3.63, 3.8) is 0 Å². The van der Waals surface area contributed by atoms with Crippen LogP contribution >= 0.6 is 15.9 Å². The van der Waals surface area contributed by atoms with Crippen LogP contribution in [0.15, 0.2) is 27.6 Å². The topological polar surface area (TPSA) is 43.8 Å². The first-order valence-electron chi connectivity index (χ1n) is 5.42. The van der Waals surface area contributed by atoms with E-state index in [4.69, 9.17) is 0 Å². The normalized spacial score (nSPS) is 19.4. The summed E-state index contributed by atoms with van der Waals surface area (Å²) in [6, 6.07) is 5.41. The Morgan fingerprint density at radius 1 is 1.29 bits per heavy atom. The molecule has 1 N–H and O–H groups in total. The highest BCUT2D eigenvalue weighted by Crippen LogP contribution is 2.28. The molecule has 4 nitrogen and oxygen atoms in total. The predicted molar refractivity (Wildman–Crippen MR) is 72.9 cm³/mol. The molecule has 1 aliphatic rings. The van der Waals surface area contributed by atoms with E-state index in [2.05, 4.69) is 32.8 Å². The lowest BCUT2D eigenvalue weighted by Gasteiger charge is -2.34. The van der Waals surface area contributed by atoms with Crippen LogP contribution in [0.1, 0.15) is 0 Å². The minimum Gasteiger partial charge on any atom is -0.368 e. The first kappa shape index (κ1) is 13.0. The highest BCUT2D eigenvalue weighted by Gasteiger charge is 2.19. The summed E-state index contributed by atoms with van der Waals surface area (Å²) in [5, 5.41) is 0. The Labute approximate surface area is 112 Å². The van der Waals surface area contributed by atoms with E-state index in [0.29, 0.717) is 4.90 Å². The number of hydrogen-bond acceptors (Lipinski definition) is 3. The van der Waals surface area contributed by atoms with Crippen LogP contribution in [-0.2, 0) is 11.1 Å². The third-order valence-electron chi connectivity index (χ3n) is 2.95. The Morgan fingerprint density at radius 3 is 2.53 bits per heavy atom. The molecule has 0 amide bonds. The molecule has 0 saturated carbocycles. The van der Waals surface area contributed by atoms with E-state index >= 15 is 0 Å². The first-order valence-corrected chi connectivity index (χ1v) is 7.32. The van der Waals surface area contributed by atoms with Crippen LogP contribution in [0.5, 0.6) is 0 Å². The van der Waals surface area contributed by atoms with Gasteiger partial charge in [0.1, 0.15) is 0 Å². The lowest BCUT2D eigenvalue weighted by atomic mass is 10.2. The smallest absolute Gasteiger partial charge is 0.188 e. The number of piperazine rings is 1. The van der Waals surface area contributed by atoms with Crippen LogP contribution in [0.25, 0.3) is 0 Å². The maximum Gasteiger partial charge on any atom is 0.188 e. The maximum atomic E-state index is 11.3. The molecule has 6 heteroatoms. The molecule has 1 unspecified atom stereocenters. The van der Waals surface area contributed by atoms with Crippen molar-refractivity contribution in [3.8, 4) is 0 Å². The second-order valence-electron chi connectivity index (χ2n) is 4.15. The SMILES string of the molecule is CN1CCN(c2cc(Br)ccc2S(=O)O)CC1. The van der Waals surface area contributed by atoms with Crippen molar-refractivity contribution in [1.29, 1.82) is 0 Å². The molecule has 1 heterocycles. The molecule has 1 aromatic rings. The summed E-state index contributed by atoms with van der Waals surface area (Å²) >= 11 is 1.47. The Bertz CT molecular complexity index is 433. The maximum absolute atomic E-state index is 11.3. The third kappa shape index (κ3) is 3.07. The zero-order valence-corrected chi connectivity index (χ0v) is 12.0. The summed E-state index contributed by atoms with van der Waals surface area (Å²) in [4.78, 5) is 4.90. The van der Waals surface area contributed by atoms with Gasteiger partial charge in [-0.15, -0.1) is 0 Å². The van der Waals surface area contributed by atoms with Gasteiger partial charge in [-0.05, 0) is 25.2 Å². The van der Waals surface area contributed by atoms with Gasteiger partial charge in [0.15, 0.2) is 11.1 Å². The molecule has 0 radical (unpaired) electrons. The van der Waals surface area contributed by atoms with Crippen LogP contribution in [0, 0.1) is 0 Å². The Morgan fingerprint density at radius 2 is 1.94 bits per heavy atom. The van der Waals surface area contributed by atoms with E-state index in [-0.39, 0.29) is 0 Å². The fourth-order valence-electron chi connectivity index (χ4n) is 1.93. The monoisotopic (exact) mass is 318 g/mol. The number of halogens is 1. The molecule has 0 aliphatic carbocycles. The van der Waals surface area contributed by atoms with E-state index in [9.17, 15) is 8.76 Å². The van der Waals surface area contributed by atoms with E-state index in [0.717, 1.165) is 36.3 Å². The van der Waals surface area contributed by atoms with E-state index in [1.165, 1.54) is 0 Å². The van der Waals surface area contributed by atoms with Crippen molar-refractivity contribution in [2.24, 2.45) is 0 Å². The van der Waals surface area contributed by atoms with Gasteiger partial charge in [0.25, 0.3) is 0 Å². The van der Waals surface area contributed by atoms with Gasteiger partial charge in [0, 0.05) is 30.7 Å². The van der Waals surface area contributed by atoms with Gasteiger partial charge in [0.2, 0.25) is 0 Å². The fraction of sp³-hybridized carbons (Fsp3) is 0.455. The number of likely N-dealkylation sites (N-methyl/N-ethyl adjacent to an activating group) is 1. The average molecular weight is 319 g/mol. The lowest BCUT2D eigenvalue weighted by Crippen LogP contribution is -2.44. The standard InChI is InChI=1S/C11H15BrN2O2S/c1-13-4-6-14(7-5-13)10-8-9(12)2-3-11(10)17(15)16/h2-3,8H,4-7H2,1H3,(H,15,16). The number of nitrogens with zero attached hydrogens (tertiary/aromatic N) is 2. The summed E-state index contributed by atoms with van der Waals surface area (Å²) in [6.07, 6.45) is 0. The number of anilines is 1. The van der Waals surface area contributed by atoms with Crippen LogP contribution in [-0.4, -0.2) is 46.9 Å².